The Morgan fingerprint density at radius 1 is 1.50 bits per heavy atom. The maximum absolute atomic E-state index is 12.9. The van der Waals surface area contributed by atoms with Gasteiger partial charge in [0.15, 0.2) is 0 Å². The van der Waals surface area contributed by atoms with Gasteiger partial charge in [-0.3, -0.25) is 4.79 Å². The van der Waals surface area contributed by atoms with E-state index in [1.165, 1.54) is 12.1 Å². The van der Waals surface area contributed by atoms with Crippen LogP contribution in [0.4, 0.5) is 4.39 Å². The molecule has 106 valence electrons. The molecular weight excluding hydrogens is 257 g/mol. The first-order chi connectivity index (χ1) is 9.54. The zero-order chi connectivity index (χ0) is 14.7. The minimum absolute atomic E-state index is 0.203. The van der Waals surface area contributed by atoms with Gasteiger partial charge in [-0.1, -0.05) is 19.1 Å². The zero-order valence-corrected chi connectivity index (χ0v) is 11.4. The number of carbonyl (C=O) groups excluding carboxylic acids is 1. The molecule has 1 fully saturated rings. The molecule has 20 heavy (non-hydrogen) atoms. The van der Waals surface area contributed by atoms with Crippen molar-refractivity contribution >= 4 is 5.91 Å². The molecule has 0 aliphatic carbocycles. The molecule has 2 rings (SSSR count). The minimum Gasteiger partial charge on any atom is -0.325 e. The fourth-order valence-corrected chi connectivity index (χ4v) is 2.54. The Balaban J connectivity index is 2.10. The van der Waals surface area contributed by atoms with Crippen molar-refractivity contribution in [2.45, 2.75) is 37.8 Å². The van der Waals surface area contributed by atoms with Crippen molar-refractivity contribution in [3.05, 3.63) is 35.6 Å². The van der Waals surface area contributed by atoms with Crippen molar-refractivity contribution < 1.29 is 9.18 Å². The summed E-state index contributed by atoms with van der Waals surface area (Å²) in [5.41, 5.74) is 6.85. The Bertz CT molecular complexity index is 523. The lowest BCUT2D eigenvalue weighted by atomic mass is 9.93. The van der Waals surface area contributed by atoms with Crippen LogP contribution in [0.2, 0.25) is 0 Å². The summed E-state index contributed by atoms with van der Waals surface area (Å²) in [6.07, 6.45) is 1.54. The van der Waals surface area contributed by atoms with Crippen LogP contribution < -0.4 is 5.73 Å². The van der Waals surface area contributed by atoms with Crippen molar-refractivity contribution in [3.63, 3.8) is 0 Å². The average Bonchev–Trinajstić information content (AvgIpc) is 2.94. The summed E-state index contributed by atoms with van der Waals surface area (Å²) in [4.78, 5) is 13.9. The molecule has 1 amide bonds. The van der Waals surface area contributed by atoms with Crippen molar-refractivity contribution in [3.8, 4) is 6.07 Å². The summed E-state index contributed by atoms with van der Waals surface area (Å²) in [5.74, 6) is -0.737. The van der Waals surface area contributed by atoms with Crippen molar-refractivity contribution in [1.29, 1.82) is 5.26 Å². The van der Waals surface area contributed by atoms with Gasteiger partial charge >= 0.3 is 0 Å². The van der Waals surface area contributed by atoms with E-state index < -0.39 is 6.04 Å². The number of benzene rings is 1. The molecule has 1 aromatic carbocycles. The first-order valence-corrected chi connectivity index (χ1v) is 6.75. The van der Waals surface area contributed by atoms with Gasteiger partial charge in [-0.15, -0.1) is 0 Å². The quantitative estimate of drug-likeness (QED) is 0.914. The van der Waals surface area contributed by atoms with Gasteiger partial charge < -0.3 is 10.6 Å². The summed E-state index contributed by atoms with van der Waals surface area (Å²) in [7, 11) is 0. The molecule has 2 N–H and O–H groups in total. The first kappa shape index (κ1) is 14.5. The monoisotopic (exact) mass is 275 g/mol. The van der Waals surface area contributed by atoms with E-state index in [4.69, 9.17) is 11.0 Å². The molecular formula is C15H18FN3O. The van der Waals surface area contributed by atoms with Gasteiger partial charge in [0.1, 0.15) is 11.9 Å². The van der Waals surface area contributed by atoms with Crippen LogP contribution in [-0.4, -0.2) is 29.4 Å². The molecule has 3 atom stereocenters. The van der Waals surface area contributed by atoms with E-state index in [1.807, 2.05) is 6.92 Å². The summed E-state index contributed by atoms with van der Waals surface area (Å²) in [6.45, 7) is 2.42. The maximum atomic E-state index is 12.9. The predicted octanol–water partition coefficient (Wildman–Crippen LogP) is 1.77. The summed E-state index contributed by atoms with van der Waals surface area (Å²) in [6, 6.07) is 7.05. The van der Waals surface area contributed by atoms with Crippen molar-refractivity contribution in [2.75, 3.05) is 6.54 Å². The number of carbonyl (C=O) groups is 1. The highest BCUT2D eigenvalue weighted by atomic mass is 19.1. The van der Waals surface area contributed by atoms with Gasteiger partial charge in [0.05, 0.1) is 12.1 Å². The fourth-order valence-electron chi connectivity index (χ4n) is 2.54. The first-order valence-electron chi connectivity index (χ1n) is 6.75. The van der Waals surface area contributed by atoms with E-state index in [0.717, 1.165) is 12.0 Å². The second-order valence-corrected chi connectivity index (χ2v) is 5.18. The lowest BCUT2D eigenvalue weighted by Gasteiger charge is -2.27. The third-order valence-electron chi connectivity index (χ3n) is 3.90. The zero-order valence-electron chi connectivity index (χ0n) is 11.4. The van der Waals surface area contributed by atoms with Crippen LogP contribution >= 0.6 is 0 Å². The minimum atomic E-state index is -0.714. The van der Waals surface area contributed by atoms with Crippen LogP contribution in [0.1, 0.15) is 31.2 Å². The normalized spacial score (nSPS) is 21.3. The van der Waals surface area contributed by atoms with Crippen molar-refractivity contribution in [2.24, 2.45) is 5.73 Å². The van der Waals surface area contributed by atoms with Crippen LogP contribution in [0.5, 0.6) is 0 Å². The lowest BCUT2D eigenvalue weighted by molar-refractivity contribution is -0.133. The second kappa shape index (κ2) is 6.02. The third-order valence-corrected chi connectivity index (χ3v) is 3.90. The Labute approximate surface area is 118 Å². The van der Waals surface area contributed by atoms with E-state index in [9.17, 15) is 9.18 Å². The van der Waals surface area contributed by atoms with E-state index in [-0.39, 0.29) is 23.7 Å². The van der Waals surface area contributed by atoms with Gasteiger partial charge in [-0.25, -0.2) is 4.39 Å². The molecule has 0 spiro atoms. The number of hydrogen-bond acceptors (Lipinski definition) is 3. The number of nitrogens with zero attached hydrogens (tertiary/aromatic N) is 2. The third kappa shape index (κ3) is 2.81. The summed E-state index contributed by atoms with van der Waals surface area (Å²) >= 11 is 0. The smallest absolute Gasteiger partial charge is 0.241 e. The summed E-state index contributed by atoms with van der Waals surface area (Å²) in [5, 5.41) is 9.03. The van der Waals surface area contributed by atoms with E-state index in [0.29, 0.717) is 13.0 Å². The van der Waals surface area contributed by atoms with Crippen molar-refractivity contribution in [1.82, 2.24) is 4.90 Å². The Morgan fingerprint density at radius 3 is 2.75 bits per heavy atom. The van der Waals surface area contributed by atoms with Gasteiger partial charge in [-0.2, -0.15) is 5.26 Å². The molecule has 0 saturated carbocycles. The number of hydrogen-bond donors (Lipinski definition) is 1. The molecule has 1 heterocycles. The van der Waals surface area contributed by atoms with Crippen LogP contribution in [0.15, 0.2) is 24.3 Å². The Kier molecular flexibility index (Phi) is 4.35. The number of likely N-dealkylation sites (tertiary alicyclic amines) is 1. The largest absolute Gasteiger partial charge is 0.325 e. The fraction of sp³-hybridized carbons (Fsp3) is 0.467. The molecule has 0 aromatic heterocycles. The molecule has 4 nitrogen and oxygen atoms in total. The number of rotatable bonds is 3. The molecule has 1 aliphatic heterocycles. The number of nitriles is 1. The van der Waals surface area contributed by atoms with Crippen LogP contribution in [0.25, 0.3) is 0 Å². The molecule has 1 aliphatic rings. The van der Waals surface area contributed by atoms with E-state index in [1.54, 1.807) is 17.0 Å². The van der Waals surface area contributed by atoms with Gasteiger partial charge in [0.25, 0.3) is 0 Å². The number of halogens is 1. The molecule has 1 aromatic rings. The lowest BCUT2D eigenvalue weighted by Crippen LogP contribution is -2.47. The number of amides is 1. The van der Waals surface area contributed by atoms with Crippen LogP contribution in [0.3, 0.4) is 0 Å². The van der Waals surface area contributed by atoms with Gasteiger partial charge in [0.2, 0.25) is 5.91 Å². The number of nitrogens with two attached hydrogens (primary N) is 1. The molecule has 1 saturated heterocycles. The average molecular weight is 275 g/mol. The standard InChI is InChI=1S/C15H18FN3O/c1-10(11-4-6-12(16)7-5-11)14(18)15(20)19-8-2-3-13(19)9-17/h4-7,10,13-14H,2-3,8,18H2,1H3/t10-,13-,14-/m0/s1. The highest BCUT2D eigenvalue weighted by Crippen LogP contribution is 2.23. The highest BCUT2D eigenvalue weighted by Gasteiger charge is 2.34. The molecule has 0 radical (unpaired) electrons. The van der Waals surface area contributed by atoms with Gasteiger partial charge in [-0.05, 0) is 30.5 Å². The van der Waals surface area contributed by atoms with E-state index >= 15 is 0 Å². The molecule has 0 bridgehead atoms. The molecule has 0 unspecified atom stereocenters. The second-order valence-electron chi connectivity index (χ2n) is 5.18. The molecule has 5 heteroatoms. The summed E-state index contributed by atoms with van der Waals surface area (Å²) < 4.78 is 12.9. The topological polar surface area (TPSA) is 70.1 Å². The predicted molar refractivity (Wildman–Crippen MR) is 73.1 cm³/mol. The van der Waals surface area contributed by atoms with Gasteiger partial charge in [0, 0.05) is 12.5 Å². The SMILES string of the molecule is C[C@@H](c1ccc(F)cc1)[C@H](N)C(=O)N1CCC[C@H]1C#N. The Hall–Kier alpha value is -1.93. The van der Waals surface area contributed by atoms with Crippen LogP contribution in [-0.2, 0) is 4.79 Å². The maximum Gasteiger partial charge on any atom is 0.241 e. The van der Waals surface area contributed by atoms with Crippen LogP contribution in [0, 0.1) is 17.1 Å². The Morgan fingerprint density at radius 2 is 2.15 bits per heavy atom. The van der Waals surface area contributed by atoms with E-state index in [2.05, 4.69) is 6.07 Å². The highest BCUT2D eigenvalue weighted by molar-refractivity contribution is 5.83.